The minimum atomic E-state index is -4.21. The molecule has 1 heterocycles. The summed E-state index contributed by atoms with van der Waals surface area (Å²) in [5.41, 5.74) is 0. The molecule has 1 fully saturated rings. The van der Waals surface area contributed by atoms with Gasteiger partial charge in [-0.15, -0.1) is 0 Å². The normalized spacial score (nSPS) is 21.5. The van der Waals surface area contributed by atoms with Crippen LogP contribution in [0.25, 0.3) is 0 Å². The highest BCUT2D eigenvalue weighted by Crippen LogP contribution is 2.15. The molecule has 0 saturated carbocycles. The zero-order chi connectivity index (χ0) is 13.4. The first-order valence-corrected chi connectivity index (χ1v) is 6.62. The maximum absolute atomic E-state index is 11.9. The number of halogens is 3. The number of piperidine rings is 1. The minimum Gasteiger partial charge on any atom is -0.372 e. The molecule has 1 rings (SSSR count). The monoisotopic (exact) mass is 268 g/mol. The third-order valence-corrected chi connectivity index (χ3v) is 3.19. The standard InChI is InChI=1S/C12H23F3N2O/c1-2-17(11-5-3-6-16-9-11)7-4-8-18-10-12(13,14)15/h11,16H,2-10H2,1H3. The third kappa shape index (κ3) is 6.56. The SMILES string of the molecule is CCN(CCCOCC(F)(F)F)C1CCCNC1. The van der Waals surface area contributed by atoms with Crippen molar-refractivity contribution in [1.29, 1.82) is 0 Å². The number of alkyl halides is 3. The van der Waals surface area contributed by atoms with Crippen molar-refractivity contribution in [2.45, 2.75) is 38.4 Å². The Morgan fingerprint density at radius 1 is 1.39 bits per heavy atom. The molecule has 0 radical (unpaired) electrons. The van der Waals surface area contributed by atoms with E-state index in [9.17, 15) is 13.2 Å². The van der Waals surface area contributed by atoms with E-state index in [1.165, 1.54) is 12.8 Å². The fourth-order valence-electron chi connectivity index (χ4n) is 2.30. The molecule has 0 amide bonds. The summed E-state index contributed by atoms with van der Waals surface area (Å²) >= 11 is 0. The summed E-state index contributed by atoms with van der Waals surface area (Å²) in [5.74, 6) is 0. The molecular formula is C12H23F3N2O. The fourth-order valence-corrected chi connectivity index (χ4v) is 2.30. The van der Waals surface area contributed by atoms with E-state index < -0.39 is 12.8 Å². The molecule has 1 saturated heterocycles. The van der Waals surface area contributed by atoms with Crippen molar-refractivity contribution < 1.29 is 17.9 Å². The van der Waals surface area contributed by atoms with Gasteiger partial charge in [-0.3, -0.25) is 4.90 Å². The molecule has 3 nitrogen and oxygen atoms in total. The summed E-state index contributed by atoms with van der Waals surface area (Å²) in [5, 5.41) is 3.35. The number of nitrogens with zero attached hydrogens (tertiary/aromatic N) is 1. The molecule has 1 aliphatic rings. The molecule has 0 aliphatic carbocycles. The van der Waals surface area contributed by atoms with E-state index in [1.54, 1.807) is 0 Å². The Kier molecular flexibility index (Phi) is 6.96. The number of likely N-dealkylation sites (N-methyl/N-ethyl adjacent to an activating group) is 1. The molecule has 1 atom stereocenters. The summed E-state index contributed by atoms with van der Waals surface area (Å²) in [4.78, 5) is 2.32. The third-order valence-electron chi connectivity index (χ3n) is 3.19. The second-order valence-electron chi connectivity index (χ2n) is 4.65. The minimum absolute atomic E-state index is 0.177. The average Bonchev–Trinajstić information content (AvgIpc) is 2.33. The van der Waals surface area contributed by atoms with Gasteiger partial charge in [0.2, 0.25) is 0 Å². The summed E-state index contributed by atoms with van der Waals surface area (Å²) in [6, 6.07) is 0.520. The molecular weight excluding hydrogens is 245 g/mol. The van der Waals surface area contributed by atoms with Crippen molar-refractivity contribution in [2.75, 3.05) is 39.4 Å². The van der Waals surface area contributed by atoms with E-state index >= 15 is 0 Å². The van der Waals surface area contributed by atoms with Gasteiger partial charge < -0.3 is 10.1 Å². The van der Waals surface area contributed by atoms with Gasteiger partial charge in [0, 0.05) is 25.7 Å². The first kappa shape index (κ1) is 15.7. The van der Waals surface area contributed by atoms with Crippen LogP contribution in [0.2, 0.25) is 0 Å². The van der Waals surface area contributed by atoms with Crippen LogP contribution < -0.4 is 5.32 Å². The molecule has 18 heavy (non-hydrogen) atoms. The number of rotatable bonds is 7. The van der Waals surface area contributed by atoms with Crippen molar-refractivity contribution >= 4 is 0 Å². The van der Waals surface area contributed by atoms with Gasteiger partial charge in [-0.25, -0.2) is 0 Å². The molecule has 1 unspecified atom stereocenters. The van der Waals surface area contributed by atoms with Gasteiger partial charge in [0.15, 0.2) is 0 Å². The summed E-state index contributed by atoms with van der Waals surface area (Å²) in [7, 11) is 0. The quantitative estimate of drug-likeness (QED) is 0.715. The van der Waals surface area contributed by atoms with Gasteiger partial charge in [-0.05, 0) is 32.4 Å². The van der Waals surface area contributed by atoms with E-state index in [-0.39, 0.29) is 6.61 Å². The first-order chi connectivity index (χ1) is 8.53. The summed E-state index contributed by atoms with van der Waals surface area (Å²) in [6.07, 6.45) is -1.21. The topological polar surface area (TPSA) is 24.5 Å². The van der Waals surface area contributed by atoms with E-state index in [1.807, 2.05) is 0 Å². The predicted octanol–water partition coefficient (Wildman–Crippen LogP) is 2.03. The maximum atomic E-state index is 11.9. The van der Waals surface area contributed by atoms with E-state index in [0.717, 1.165) is 26.2 Å². The lowest BCUT2D eigenvalue weighted by Gasteiger charge is -2.33. The van der Waals surface area contributed by atoms with E-state index in [2.05, 4.69) is 21.9 Å². The van der Waals surface area contributed by atoms with Crippen LogP contribution in [0.1, 0.15) is 26.2 Å². The number of hydrogen-bond acceptors (Lipinski definition) is 3. The average molecular weight is 268 g/mol. The van der Waals surface area contributed by atoms with Crippen LogP contribution in [0, 0.1) is 0 Å². The van der Waals surface area contributed by atoms with Gasteiger partial charge in [-0.1, -0.05) is 6.92 Å². The van der Waals surface area contributed by atoms with Crippen LogP contribution in [-0.2, 0) is 4.74 Å². The highest BCUT2D eigenvalue weighted by atomic mass is 19.4. The van der Waals surface area contributed by atoms with Crippen LogP contribution in [-0.4, -0.2) is 56.5 Å². The van der Waals surface area contributed by atoms with Gasteiger partial charge >= 0.3 is 6.18 Å². The van der Waals surface area contributed by atoms with E-state index in [4.69, 9.17) is 0 Å². The van der Waals surface area contributed by atoms with Crippen LogP contribution in [0.15, 0.2) is 0 Å². The lowest BCUT2D eigenvalue weighted by atomic mass is 10.1. The second-order valence-corrected chi connectivity index (χ2v) is 4.65. The summed E-state index contributed by atoms with van der Waals surface area (Å²) < 4.78 is 40.2. The zero-order valence-corrected chi connectivity index (χ0v) is 10.9. The second kappa shape index (κ2) is 7.96. The van der Waals surface area contributed by atoms with Crippen LogP contribution in [0.5, 0.6) is 0 Å². The van der Waals surface area contributed by atoms with Crippen LogP contribution >= 0.6 is 0 Å². The Morgan fingerprint density at radius 2 is 2.17 bits per heavy atom. The highest BCUT2D eigenvalue weighted by Gasteiger charge is 2.27. The number of nitrogens with one attached hydrogen (secondary N) is 1. The number of hydrogen-bond donors (Lipinski definition) is 1. The Labute approximate surface area is 107 Å². The smallest absolute Gasteiger partial charge is 0.372 e. The van der Waals surface area contributed by atoms with E-state index in [0.29, 0.717) is 12.5 Å². The Hall–Kier alpha value is -0.330. The maximum Gasteiger partial charge on any atom is 0.411 e. The fraction of sp³-hybridized carbons (Fsp3) is 1.00. The van der Waals surface area contributed by atoms with Crippen molar-refractivity contribution in [3.8, 4) is 0 Å². The Morgan fingerprint density at radius 3 is 2.72 bits per heavy atom. The molecule has 0 aromatic carbocycles. The molecule has 6 heteroatoms. The molecule has 108 valence electrons. The molecule has 0 aromatic rings. The van der Waals surface area contributed by atoms with Crippen molar-refractivity contribution in [3.05, 3.63) is 0 Å². The summed E-state index contributed by atoms with van der Waals surface area (Å²) in [6.45, 7) is 4.93. The molecule has 0 aromatic heterocycles. The van der Waals surface area contributed by atoms with Crippen molar-refractivity contribution in [3.63, 3.8) is 0 Å². The Bertz CT molecular complexity index is 218. The highest BCUT2D eigenvalue weighted by molar-refractivity contribution is 4.77. The van der Waals surface area contributed by atoms with Crippen LogP contribution in [0.4, 0.5) is 13.2 Å². The zero-order valence-electron chi connectivity index (χ0n) is 10.9. The molecule has 1 aliphatic heterocycles. The van der Waals surface area contributed by atoms with Crippen LogP contribution in [0.3, 0.4) is 0 Å². The van der Waals surface area contributed by atoms with Gasteiger partial charge in [0.25, 0.3) is 0 Å². The first-order valence-electron chi connectivity index (χ1n) is 6.62. The Balaban J connectivity index is 2.11. The largest absolute Gasteiger partial charge is 0.411 e. The predicted molar refractivity (Wildman–Crippen MR) is 64.6 cm³/mol. The van der Waals surface area contributed by atoms with Gasteiger partial charge in [0.1, 0.15) is 6.61 Å². The number of ether oxygens (including phenoxy) is 1. The molecule has 0 spiro atoms. The van der Waals surface area contributed by atoms with Gasteiger partial charge in [-0.2, -0.15) is 13.2 Å². The lowest BCUT2D eigenvalue weighted by molar-refractivity contribution is -0.174. The van der Waals surface area contributed by atoms with Gasteiger partial charge in [0.05, 0.1) is 0 Å². The lowest BCUT2D eigenvalue weighted by Crippen LogP contribution is -2.46. The molecule has 0 bridgehead atoms. The van der Waals surface area contributed by atoms with Crippen molar-refractivity contribution in [1.82, 2.24) is 10.2 Å². The van der Waals surface area contributed by atoms with Crippen molar-refractivity contribution in [2.24, 2.45) is 0 Å². The molecule has 1 N–H and O–H groups in total.